The number of nitrogens with zero attached hydrogens (tertiary/aromatic N) is 5. The predicted molar refractivity (Wildman–Crippen MR) is 115 cm³/mol. The van der Waals surface area contributed by atoms with Crippen molar-refractivity contribution in [2.45, 2.75) is 25.7 Å². The summed E-state index contributed by atoms with van der Waals surface area (Å²) in [6, 6.07) is 9.73. The van der Waals surface area contributed by atoms with Crippen molar-refractivity contribution in [3.05, 3.63) is 53.9 Å². The van der Waals surface area contributed by atoms with Gasteiger partial charge in [-0.2, -0.15) is 4.31 Å². The lowest BCUT2D eigenvalue weighted by Crippen LogP contribution is -2.31. The van der Waals surface area contributed by atoms with Gasteiger partial charge in [0.1, 0.15) is 17.0 Å². The van der Waals surface area contributed by atoms with E-state index in [1.165, 1.54) is 40.6 Å². The molecule has 164 valence electrons. The smallest absolute Gasteiger partial charge is 0.255 e. The van der Waals surface area contributed by atoms with Crippen LogP contribution in [0.4, 0.5) is 5.69 Å². The van der Waals surface area contributed by atoms with E-state index in [1.807, 2.05) is 19.1 Å². The molecule has 0 spiro atoms. The molecule has 0 fully saturated rings. The van der Waals surface area contributed by atoms with E-state index in [9.17, 15) is 13.2 Å². The van der Waals surface area contributed by atoms with Gasteiger partial charge in [0.05, 0.1) is 12.8 Å². The van der Waals surface area contributed by atoms with Crippen molar-refractivity contribution in [2.24, 2.45) is 0 Å². The number of methoxy groups -OCH3 is 1. The van der Waals surface area contributed by atoms with Gasteiger partial charge in [0.15, 0.2) is 0 Å². The molecule has 0 saturated heterocycles. The number of sulfonamides is 1. The molecule has 0 unspecified atom stereocenters. The number of tetrazole rings is 1. The summed E-state index contributed by atoms with van der Waals surface area (Å²) < 4.78 is 34.1. The van der Waals surface area contributed by atoms with Crippen LogP contribution in [0, 0.1) is 6.92 Å². The molecule has 0 saturated carbocycles. The molecule has 0 radical (unpaired) electrons. The second-order valence-corrected chi connectivity index (χ2v) is 8.57. The molecule has 3 rings (SSSR count). The third kappa shape index (κ3) is 4.57. The molecular weight excluding hydrogens is 420 g/mol. The van der Waals surface area contributed by atoms with Crippen molar-refractivity contribution in [3.63, 3.8) is 0 Å². The first-order valence-electron chi connectivity index (χ1n) is 9.65. The molecule has 3 aromatic rings. The summed E-state index contributed by atoms with van der Waals surface area (Å²) in [5.74, 6) is -0.268. The maximum Gasteiger partial charge on any atom is 0.255 e. The maximum atomic E-state index is 13.0. The van der Waals surface area contributed by atoms with Crippen LogP contribution in [-0.4, -0.2) is 59.0 Å². The van der Waals surface area contributed by atoms with E-state index in [0.717, 1.165) is 5.56 Å². The number of carbonyl (C=O) groups is 1. The molecule has 1 N–H and O–H groups in total. The van der Waals surface area contributed by atoms with Crippen LogP contribution in [0.3, 0.4) is 0 Å². The molecule has 2 aromatic carbocycles. The second kappa shape index (κ2) is 9.23. The highest BCUT2D eigenvalue weighted by molar-refractivity contribution is 7.89. The summed E-state index contributed by atoms with van der Waals surface area (Å²) in [7, 11) is -2.42. The molecule has 1 amide bonds. The van der Waals surface area contributed by atoms with Crippen LogP contribution in [0.5, 0.6) is 5.75 Å². The Labute approximate surface area is 180 Å². The number of nitrogens with one attached hydrogen (secondary N) is 1. The van der Waals surface area contributed by atoms with Gasteiger partial charge in [0.25, 0.3) is 5.91 Å². The number of hydrogen-bond donors (Lipinski definition) is 1. The fourth-order valence-corrected chi connectivity index (χ4v) is 4.72. The highest BCUT2D eigenvalue weighted by atomic mass is 32.2. The van der Waals surface area contributed by atoms with E-state index >= 15 is 0 Å². The zero-order valence-corrected chi connectivity index (χ0v) is 18.5. The van der Waals surface area contributed by atoms with E-state index < -0.39 is 15.9 Å². The van der Waals surface area contributed by atoms with Crippen molar-refractivity contribution in [1.82, 2.24) is 24.5 Å². The highest BCUT2D eigenvalue weighted by Crippen LogP contribution is 2.28. The van der Waals surface area contributed by atoms with Crippen molar-refractivity contribution < 1.29 is 17.9 Å². The lowest BCUT2D eigenvalue weighted by Gasteiger charge is -2.20. The summed E-state index contributed by atoms with van der Waals surface area (Å²) >= 11 is 0. The monoisotopic (exact) mass is 444 g/mol. The minimum absolute atomic E-state index is 0.0505. The fourth-order valence-electron chi connectivity index (χ4n) is 3.08. The number of ether oxygens (including phenoxy) is 1. The van der Waals surface area contributed by atoms with E-state index in [4.69, 9.17) is 4.74 Å². The first-order valence-corrected chi connectivity index (χ1v) is 11.1. The average Bonchev–Trinajstić information content (AvgIpc) is 3.30. The van der Waals surface area contributed by atoms with E-state index in [0.29, 0.717) is 24.5 Å². The van der Waals surface area contributed by atoms with Crippen LogP contribution >= 0.6 is 0 Å². The lowest BCUT2D eigenvalue weighted by molar-refractivity contribution is 0.102. The number of rotatable bonds is 8. The van der Waals surface area contributed by atoms with Gasteiger partial charge in [0, 0.05) is 24.3 Å². The lowest BCUT2D eigenvalue weighted by atomic mass is 10.1. The Balaban J connectivity index is 1.95. The summed E-state index contributed by atoms with van der Waals surface area (Å²) in [5.41, 5.74) is 2.25. The molecule has 11 heteroatoms. The quantitative estimate of drug-likeness (QED) is 0.566. The Hall–Kier alpha value is -3.31. The van der Waals surface area contributed by atoms with Crippen LogP contribution in [0.2, 0.25) is 0 Å². The largest absolute Gasteiger partial charge is 0.495 e. The van der Waals surface area contributed by atoms with Gasteiger partial charge in [-0.3, -0.25) is 4.79 Å². The molecule has 0 aliphatic carbocycles. The standard InChI is InChI=1S/C20H24N6O4S/c1-5-25(6-2)31(28,29)19-11-15(8-10-18(19)30-4)20(27)22-17-12-16(9-7-14(17)3)26-13-21-23-24-26/h7-13H,5-6H2,1-4H3,(H,22,27). The van der Waals surface area contributed by atoms with Crippen LogP contribution in [0.15, 0.2) is 47.6 Å². The molecule has 31 heavy (non-hydrogen) atoms. The fraction of sp³-hybridized carbons (Fsp3) is 0.300. The first-order chi connectivity index (χ1) is 14.8. The predicted octanol–water partition coefficient (Wildman–Crippen LogP) is 2.26. The van der Waals surface area contributed by atoms with E-state index in [1.54, 1.807) is 19.9 Å². The molecule has 0 bridgehead atoms. The molecular formula is C20H24N6O4S. The third-order valence-electron chi connectivity index (χ3n) is 4.83. The molecule has 0 aliphatic heterocycles. The normalized spacial score (nSPS) is 11.5. The van der Waals surface area contributed by atoms with Gasteiger partial charge in [-0.1, -0.05) is 19.9 Å². The topological polar surface area (TPSA) is 119 Å². The Kier molecular flexibility index (Phi) is 6.66. The van der Waals surface area contributed by atoms with Gasteiger partial charge in [-0.15, -0.1) is 5.10 Å². The Morgan fingerprint density at radius 3 is 2.52 bits per heavy atom. The highest BCUT2D eigenvalue weighted by Gasteiger charge is 2.27. The zero-order valence-electron chi connectivity index (χ0n) is 17.7. The Morgan fingerprint density at radius 2 is 1.90 bits per heavy atom. The van der Waals surface area contributed by atoms with Crippen molar-refractivity contribution in [3.8, 4) is 11.4 Å². The average molecular weight is 445 g/mol. The maximum absolute atomic E-state index is 13.0. The molecule has 10 nitrogen and oxygen atoms in total. The Bertz CT molecular complexity index is 1170. The van der Waals surface area contributed by atoms with Crippen LogP contribution in [0.25, 0.3) is 5.69 Å². The molecule has 0 atom stereocenters. The SMILES string of the molecule is CCN(CC)S(=O)(=O)c1cc(C(=O)Nc2cc(-n3cnnn3)ccc2C)ccc1OC. The van der Waals surface area contributed by atoms with Crippen molar-refractivity contribution >= 4 is 21.6 Å². The number of benzene rings is 2. The molecule has 1 heterocycles. The van der Waals surface area contributed by atoms with Crippen LogP contribution in [-0.2, 0) is 10.0 Å². The minimum Gasteiger partial charge on any atom is -0.495 e. The van der Waals surface area contributed by atoms with E-state index in [-0.39, 0.29) is 16.2 Å². The van der Waals surface area contributed by atoms with Crippen LogP contribution in [0.1, 0.15) is 29.8 Å². The first kappa shape index (κ1) is 22.4. The van der Waals surface area contributed by atoms with E-state index in [2.05, 4.69) is 20.8 Å². The summed E-state index contributed by atoms with van der Waals surface area (Å²) in [6.45, 7) is 5.97. The molecule has 0 aliphatic rings. The van der Waals surface area contributed by atoms with Gasteiger partial charge >= 0.3 is 0 Å². The number of aromatic nitrogens is 4. The zero-order chi connectivity index (χ0) is 22.6. The van der Waals surface area contributed by atoms with Gasteiger partial charge in [-0.05, 0) is 53.2 Å². The summed E-state index contributed by atoms with van der Waals surface area (Å²) in [6.07, 6.45) is 1.45. The third-order valence-corrected chi connectivity index (χ3v) is 6.90. The number of carbonyl (C=O) groups excluding carboxylic acids is 1. The molecule has 1 aromatic heterocycles. The van der Waals surface area contributed by atoms with Crippen molar-refractivity contribution in [1.29, 1.82) is 0 Å². The second-order valence-electron chi connectivity index (χ2n) is 6.66. The van der Waals surface area contributed by atoms with Gasteiger partial charge < -0.3 is 10.1 Å². The Morgan fingerprint density at radius 1 is 1.16 bits per heavy atom. The van der Waals surface area contributed by atoms with Crippen molar-refractivity contribution in [2.75, 3.05) is 25.5 Å². The summed E-state index contributed by atoms with van der Waals surface area (Å²) in [5, 5.41) is 13.9. The van der Waals surface area contributed by atoms with Crippen LogP contribution < -0.4 is 10.1 Å². The number of amides is 1. The van der Waals surface area contributed by atoms with Gasteiger partial charge in [-0.25, -0.2) is 13.1 Å². The van der Waals surface area contributed by atoms with Gasteiger partial charge in [0.2, 0.25) is 10.0 Å². The minimum atomic E-state index is -3.81. The number of aryl methyl sites for hydroxylation is 1. The summed E-state index contributed by atoms with van der Waals surface area (Å²) in [4.78, 5) is 12.9. The number of anilines is 1. The number of hydrogen-bond acceptors (Lipinski definition) is 7.